The van der Waals surface area contributed by atoms with Crippen LogP contribution in [0.2, 0.25) is 5.02 Å². The Balaban J connectivity index is 1.84. The van der Waals surface area contributed by atoms with Crippen LogP contribution in [0.25, 0.3) is 0 Å². The van der Waals surface area contributed by atoms with Crippen LogP contribution in [0.1, 0.15) is 34.6 Å². The molecule has 0 aromatic heterocycles. The average Bonchev–Trinajstić information content (AvgIpc) is 2.44. The van der Waals surface area contributed by atoms with E-state index < -0.39 is 6.10 Å². The fourth-order valence-corrected chi connectivity index (χ4v) is 3.56. The predicted octanol–water partition coefficient (Wildman–Crippen LogP) is 3.73. The summed E-state index contributed by atoms with van der Waals surface area (Å²) < 4.78 is 12.0. The minimum absolute atomic E-state index is 0.00218. The monoisotopic (exact) mass is 337 g/mol. The Morgan fingerprint density at radius 2 is 1.87 bits per heavy atom. The number of amides is 1. The van der Waals surface area contributed by atoms with Crippen LogP contribution in [0.15, 0.2) is 24.3 Å². The zero-order chi connectivity index (χ0) is 17.0. The Bertz CT molecular complexity index is 606. The molecule has 0 unspecified atom stereocenters. The Hall–Kier alpha value is -1.26. The molecule has 5 heteroatoms. The van der Waals surface area contributed by atoms with E-state index in [2.05, 4.69) is 34.6 Å². The van der Waals surface area contributed by atoms with Gasteiger partial charge in [-0.05, 0) is 24.3 Å². The van der Waals surface area contributed by atoms with Crippen molar-refractivity contribution in [3.05, 3.63) is 29.3 Å². The van der Waals surface area contributed by atoms with Gasteiger partial charge in [-0.3, -0.25) is 4.79 Å². The van der Waals surface area contributed by atoms with Crippen molar-refractivity contribution in [2.75, 3.05) is 6.61 Å². The highest BCUT2D eigenvalue weighted by Gasteiger charge is 2.62. The van der Waals surface area contributed by atoms with E-state index in [9.17, 15) is 4.79 Å². The molecule has 0 spiro atoms. The summed E-state index contributed by atoms with van der Waals surface area (Å²) in [6.45, 7) is 11.1. The van der Waals surface area contributed by atoms with E-state index >= 15 is 0 Å². The molecule has 0 bridgehead atoms. The Morgan fingerprint density at radius 1 is 1.26 bits per heavy atom. The van der Waals surface area contributed by atoms with E-state index in [1.54, 1.807) is 24.3 Å². The highest BCUT2D eigenvalue weighted by Crippen LogP contribution is 2.46. The van der Waals surface area contributed by atoms with Gasteiger partial charge in [-0.2, -0.15) is 0 Å². The number of hydrogen-bond acceptors (Lipinski definition) is 3. The summed E-state index contributed by atoms with van der Waals surface area (Å²) in [5, 5.41) is 0.651. The van der Waals surface area contributed by atoms with Crippen LogP contribution in [-0.4, -0.2) is 35.8 Å². The van der Waals surface area contributed by atoms with Gasteiger partial charge in [0, 0.05) is 15.9 Å². The first-order valence-corrected chi connectivity index (χ1v) is 8.35. The maximum absolute atomic E-state index is 12.7. The molecule has 0 N–H and O–H groups in total. The summed E-state index contributed by atoms with van der Waals surface area (Å²) in [6.07, 6.45) is -0.669. The van der Waals surface area contributed by atoms with E-state index in [-0.39, 0.29) is 29.0 Å². The molecule has 0 saturated carbocycles. The molecule has 2 fully saturated rings. The van der Waals surface area contributed by atoms with E-state index in [1.165, 1.54) is 0 Å². The standard InChI is InChI=1S/C18H24ClNO3/c1-17(2,3)16-20-14(18(4,5)10-22-16)13(15(20)21)23-12-8-6-11(19)7-9-12/h6-9,13-14,16H,10H2,1-5H3/t13-,14+,16-/m1/s1. The Labute approximate surface area is 142 Å². The highest BCUT2D eigenvalue weighted by atomic mass is 35.5. The highest BCUT2D eigenvalue weighted by molar-refractivity contribution is 6.30. The summed E-state index contributed by atoms with van der Waals surface area (Å²) in [5.41, 5.74) is -0.275. The van der Waals surface area contributed by atoms with Crippen LogP contribution in [-0.2, 0) is 9.53 Å². The van der Waals surface area contributed by atoms with Crippen LogP contribution in [0.3, 0.4) is 0 Å². The fourth-order valence-electron chi connectivity index (χ4n) is 3.43. The lowest BCUT2D eigenvalue weighted by atomic mass is 9.72. The molecule has 126 valence electrons. The molecule has 0 aliphatic carbocycles. The summed E-state index contributed by atoms with van der Waals surface area (Å²) in [7, 11) is 0. The zero-order valence-corrected chi connectivity index (χ0v) is 15.1. The van der Waals surface area contributed by atoms with Crippen LogP contribution < -0.4 is 4.74 Å². The lowest BCUT2D eigenvalue weighted by Crippen LogP contribution is -2.78. The van der Waals surface area contributed by atoms with Crippen molar-refractivity contribution in [2.45, 2.75) is 53.0 Å². The molecule has 1 amide bonds. The van der Waals surface area contributed by atoms with Crippen LogP contribution >= 0.6 is 11.6 Å². The van der Waals surface area contributed by atoms with E-state index in [1.807, 2.05) is 4.90 Å². The van der Waals surface area contributed by atoms with Gasteiger partial charge in [-0.15, -0.1) is 0 Å². The first-order valence-electron chi connectivity index (χ1n) is 7.97. The first kappa shape index (κ1) is 16.6. The minimum Gasteiger partial charge on any atom is -0.478 e. The fraction of sp³-hybridized carbons (Fsp3) is 0.611. The van der Waals surface area contributed by atoms with E-state index in [0.717, 1.165) is 0 Å². The minimum atomic E-state index is -0.458. The number of ether oxygens (including phenoxy) is 2. The average molecular weight is 338 g/mol. The van der Waals surface area contributed by atoms with Crippen molar-refractivity contribution >= 4 is 17.5 Å². The summed E-state index contributed by atoms with van der Waals surface area (Å²) in [5.74, 6) is 0.666. The molecule has 2 heterocycles. The maximum atomic E-state index is 12.7. The molecule has 2 aliphatic rings. The third-order valence-corrected chi connectivity index (χ3v) is 4.82. The molecule has 1 aromatic rings. The third-order valence-electron chi connectivity index (χ3n) is 4.57. The van der Waals surface area contributed by atoms with Crippen LogP contribution in [0.4, 0.5) is 0 Å². The SMILES string of the molecule is CC(C)(C)[C@H]1OCC(C)(C)[C@@H]2[C@@H](Oc3ccc(Cl)cc3)C(=O)N21. The number of carbonyl (C=O) groups excluding carboxylic acids is 1. The summed E-state index contributed by atoms with van der Waals surface area (Å²) >= 11 is 5.90. The number of benzene rings is 1. The molecule has 1 aromatic carbocycles. The first-order chi connectivity index (χ1) is 10.6. The zero-order valence-electron chi connectivity index (χ0n) is 14.3. The van der Waals surface area contributed by atoms with Crippen molar-refractivity contribution in [1.29, 1.82) is 0 Å². The lowest BCUT2D eigenvalue weighted by Gasteiger charge is -2.61. The number of rotatable bonds is 2. The molecular weight excluding hydrogens is 314 g/mol. The van der Waals surface area contributed by atoms with Crippen LogP contribution in [0, 0.1) is 10.8 Å². The Morgan fingerprint density at radius 3 is 2.43 bits per heavy atom. The second-order valence-corrected chi connectivity index (χ2v) is 8.64. The second-order valence-electron chi connectivity index (χ2n) is 8.20. The van der Waals surface area contributed by atoms with Gasteiger partial charge in [0.05, 0.1) is 12.6 Å². The molecule has 23 heavy (non-hydrogen) atoms. The van der Waals surface area contributed by atoms with Gasteiger partial charge in [0.25, 0.3) is 5.91 Å². The molecule has 4 nitrogen and oxygen atoms in total. The van der Waals surface area contributed by atoms with Gasteiger partial charge in [0.1, 0.15) is 12.0 Å². The van der Waals surface area contributed by atoms with Crippen molar-refractivity contribution in [2.24, 2.45) is 10.8 Å². The van der Waals surface area contributed by atoms with Gasteiger partial charge in [0.2, 0.25) is 0 Å². The second kappa shape index (κ2) is 5.38. The van der Waals surface area contributed by atoms with Crippen molar-refractivity contribution < 1.29 is 14.3 Å². The largest absolute Gasteiger partial charge is 0.478 e. The number of halogens is 1. The normalized spacial score (nSPS) is 29.7. The number of β-lactam (4-membered cyclic amide) rings is 1. The van der Waals surface area contributed by atoms with Gasteiger partial charge in [-0.25, -0.2) is 0 Å². The van der Waals surface area contributed by atoms with E-state index in [0.29, 0.717) is 17.4 Å². The summed E-state index contributed by atoms with van der Waals surface area (Å²) in [6, 6.07) is 7.15. The number of fused-ring (bicyclic) bond motifs is 1. The maximum Gasteiger partial charge on any atom is 0.268 e. The van der Waals surface area contributed by atoms with Crippen molar-refractivity contribution in [3.8, 4) is 5.75 Å². The van der Waals surface area contributed by atoms with Gasteiger partial charge in [-0.1, -0.05) is 46.2 Å². The number of carbonyl (C=O) groups is 1. The molecule has 2 saturated heterocycles. The van der Waals surface area contributed by atoms with Crippen molar-refractivity contribution in [1.82, 2.24) is 4.90 Å². The summed E-state index contributed by atoms with van der Waals surface area (Å²) in [4.78, 5) is 14.6. The lowest BCUT2D eigenvalue weighted by molar-refractivity contribution is -0.260. The predicted molar refractivity (Wildman–Crippen MR) is 89.5 cm³/mol. The molecule has 3 rings (SSSR count). The Kier molecular flexibility index (Phi) is 3.88. The molecule has 2 aliphatic heterocycles. The smallest absolute Gasteiger partial charge is 0.268 e. The van der Waals surface area contributed by atoms with Gasteiger partial charge in [0.15, 0.2) is 6.10 Å². The van der Waals surface area contributed by atoms with Gasteiger partial charge < -0.3 is 14.4 Å². The van der Waals surface area contributed by atoms with Gasteiger partial charge >= 0.3 is 0 Å². The quantitative estimate of drug-likeness (QED) is 0.772. The molecule has 0 radical (unpaired) electrons. The topological polar surface area (TPSA) is 38.8 Å². The number of hydrogen-bond donors (Lipinski definition) is 0. The van der Waals surface area contributed by atoms with Crippen molar-refractivity contribution in [3.63, 3.8) is 0 Å². The molecular formula is C18H24ClNO3. The number of nitrogens with zero attached hydrogens (tertiary/aromatic N) is 1. The van der Waals surface area contributed by atoms with E-state index in [4.69, 9.17) is 21.1 Å². The molecule has 3 atom stereocenters. The van der Waals surface area contributed by atoms with Crippen LogP contribution in [0.5, 0.6) is 5.75 Å². The third kappa shape index (κ3) is 2.83.